The van der Waals surface area contributed by atoms with Gasteiger partial charge in [-0.05, 0) is 25.3 Å². The summed E-state index contributed by atoms with van der Waals surface area (Å²) < 4.78 is 0. The number of hydrogen-bond donors (Lipinski definition) is 1. The van der Waals surface area contributed by atoms with Crippen LogP contribution >= 0.6 is 11.6 Å². The zero-order valence-electron chi connectivity index (χ0n) is 10.2. The van der Waals surface area contributed by atoms with E-state index in [1.54, 1.807) is 12.4 Å². The highest BCUT2D eigenvalue weighted by molar-refractivity contribution is 6.33. The van der Waals surface area contributed by atoms with Gasteiger partial charge in [0.2, 0.25) is 5.91 Å². The second-order valence-electron chi connectivity index (χ2n) is 5.10. The minimum absolute atomic E-state index is 0.115. The van der Waals surface area contributed by atoms with Crippen molar-refractivity contribution in [2.24, 2.45) is 5.41 Å². The van der Waals surface area contributed by atoms with Crippen molar-refractivity contribution in [3.8, 4) is 0 Å². The molecule has 3 rings (SSSR count). The molecule has 4 nitrogen and oxygen atoms in total. The number of piperidine rings is 1. The number of pyridine rings is 1. The molecule has 0 bridgehead atoms. The zero-order chi connectivity index (χ0) is 12.6. The van der Waals surface area contributed by atoms with E-state index in [0.29, 0.717) is 5.02 Å². The van der Waals surface area contributed by atoms with E-state index in [9.17, 15) is 4.79 Å². The molecule has 5 heteroatoms. The first-order valence-corrected chi connectivity index (χ1v) is 6.72. The molecular formula is C13H16ClN3O. The van der Waals surface area contributed by atoms with Crippen LogP contribution in [0, 0.1) is 5.41 Å². The van der Waals surface area contributed by atoms with Gasteiger partial charge in [-0.3, -0.25) is 9.78 Å². The van der Waals surface area contributed by atoms with Crippen LogP contribution in [0.1, 0.15) is 19.3 Å². The average molecular weight is 266 g/mol. The number of nitrogens with zero attached hydrogens (tertiary/aromatic N) is 2. The van der Waals surface area contributed by atoms with Gasteiger partial charge < -0.3 is 10.2 Å². The van der Waals surface area contributed by atoms with Crippen LogP contribution in [0.4, 0.5) is 5.69 Å². The molecule has 3 heterocycles. The number of halogens is 1. The number of carbonyl (C=O) groups is 1. The van der Waals surface area contributed by atoms with Crippen LogP contribution in [0.5, 0.6) is 0 Å². The molecule has 0 saturated carbocycles. The fourth-order valence-electron chi connectivity index (χ4n) is 2.99. The molecule has 1 aromatic rings. The van der Waals surface area contributed by atoms with Crippen molar-refractivity contribution in [1.29, 1.82) is 0 Å². The average Bonchev–Trinajstić information content (AvgIpc) is 2.73. The van der Waals surface area contributed by atoms with Crippen molar-refractivity contribution in [3.63, 3.8) is 0 Å². The summed E-state index contributed by atoms with van der Waals surface area (Å²) in [5.74, 6) is 0.239. The maximum absolute atomic E-state index is 11.9. The highest BCUT2D eigenvalue weighted by atomic mass is 35.5. The first kappa shape index (κ1) is 11.8. The van der Waals surface area contributed by atoms with Crippen LogP contribution < -0.4 is 10.2 Å². The van der Waals surface area contributed by atoms with Gasteiger partial charge in [-0.15, -0.1) is 0 Å². The molecule has 0 aromatic carbocycles. The normalized spacial score (nSPS) is 22.3. The van der Waals surface area contributed by atoms with Crippen molar-refractivity contribution in [3.05, 3.63) is 23.5 Å². The van der Waals surface area contributed by atoms with Crippen LogP contribution in [-0.4, -0.2) is 30.5 Å². The van der Waals surface area contributed by atoms with Gasteiger partial charge in [0.05, 0.1) is 16.1 Å². The predicted octanol–water partition coefficient (Wildman–Crippen LogP) is 1.84. The molecule has 0 radical (unpaired) electrons. The van der Waals surface area contributed by atoms with Gasteiger partial charge in [0.1, 0.15) is 0 Å². The van der Waals surface area contributed by atoms with Gasteiger partial charge in [-0.25, -0.2) is 0 Å². The minimum atomic E-state index is -0.115. The smallest absolute Gasteiger partial charge is 0.226 e. The molecule has 1 N–H and O–H groups in total. The molecule has 1 aromatic heterocycles. The van der Waals surface area contributed by atoms with Crippen molar-refractivity contribution >= 4 is 23.2 Å². The summed E-state index contributed by atoms with van der Waals surface area (Å²) in [5.41, 5.74) is 0.913. The highest BCUT2D eigenvalue weighted by Crippen LogP contribution is 2.40. The van der Waals surface area contributed by atoms with E-state index in [-0.39, 0.29) is 11.3 Å². The van der Waals surface area contributed by atoms with Crippen LogP contribution in [0.25, 0.3) is 0 Å². The Balaban J connectivity index is 1.74. The van der Waals surface area contributed by atoms with Gasteiger partial charge in [0.25, 0.3) is 0 Å². The number of rotatable bonds is 1. The third-order valence-electron chi connectivity index (χ3n) is 4.18. The number of aromatic nitrogens is 1. The molecule has 2 aliphatic rings. The molecule has 1 amide bonds. The number of hydrogen-bond acceptors (Lipinski definition) is 3. The molecule has 2 aliphatic heterocycles. The van der Waals surface area contributed by atoms with Gasteiger partial charge in [0, 0.05) is 32.0 Å². The summed E-state index contributed by atoms with van der Waals surface area (Å²) in [6.45, 7) is 2.60. The van der Waals surface area contributed by atoms with E-state index >= 15 is 0 Å². The topological polar surface area (TPSA) is 45.2 Å². The Kier molecular flexibility index (Phi) is 2.90. The first-order chi connectivity index (χ1) is 8.71. The number of nitrogens with one attached hydrogen (secondary N) is 1. The number of anilines is 1. The van der Waals surface area contributed by atoms with E-state index in [0.717, 1.165) is 44.6 Å². The fourth-order valence-corrected chi connectivity index (χ4v) is 3.23. The maximum Gasteiger partial charge on any atom is 0.226 e. The molecule has 96 valence electrons. The van der Waals surface area contributed by atoms with Crippen LogP contribution in [-0.2, 0) is 4.79 Å². The van der Waals surface area contributed by atoms with E-state index in [2.05, 4.69) is 15.2 Å². The summed E-state index contributed by atoms with van der Waals surface area (Å²) in [7, 11) is 0. The summed E-state index contributed by atoms with van der Waals surface area (Å²) >= 11 is 6.15. The van der Waals surface area contributed by atoms with E-state index in [1.807, 2.05) is 6.07 Å². The molecule has 0 unspecified atom stereocenters. The Bertz CT molecular complexity index is 469. The van der Waals surface area contributed by atoms with Gasteiger partial charge in [-0.1, -0.05) is 11.6 Å². The fraction of sp³-hybridized carbons (Fsp3) is 0.538. The van der Waals surface area contributed by atoms with E-state index < -0.39 is 0 Å². The van der Waals surface area contributed by atoms with Crippen molar-refractivity contribution < 1.29 is 4.79 Å². The lowest BCUT2D eigenvalue weighted by Crippen LogP contribution is -2.44. The zero-order valence-corrected chi connectivity index (χ0v) is 10.9. The second kappa shape index (κ2) is 4.43. The Labute approximate surface area is 111 Å². The molecule has 0 aliphatic carbocycles. The minimum Gasteiger partial charge on any atom is -0.370 e. The van der Waals surface area contributed by atoms with Crippen LogP contribution in [0.2, 0.25) is 5.02 Å². The molecule has 18 heavy (non-hydrogen) atoms. The second-order valence-corrected chi connectivity index (χ2v) is 5.51. The molecular weight excluding hydrogens is 250 g/mol. The molecule has 0 atom stereocenters. The van der Waals surface area contributed by atoms with Crippen molar-refractivity contribution in [1.82, 2.24) is 10.3 Å². The number of amides is 1. The Morgan fingerprint density at radius 2 is 2.11 bits per heavy atom. The lowest BCUT2D eigenvalue weighted by atomic mass is 9.77. The summed E-state index contributed by atoms with van der Waals surface area (Å²) in [4.78, 5) is 18.1. The summed E-state index contributed by atoms with van der Waals surface area (Å²) in [6, 6.07) is 1.94. The Morgan fingerprint density at radius 1 is 1.33 bits per heavy atom. The molecule has 1 spiro atoms. The molecule has 2 saturated heterocycles. The van der Waals surface area contributed by atoms with E-state index in [1.165, 1.54) is 0 Å². The van der Waals surface area contributed by atoms with Crippen molar-refractivity contribution in [2.45, 2.75) is 19.3 Å². The lowest BCUT2D eigenvalue weighted by Gasteiger charge is -2.38. The SMILES string of the molecule is O=C1NCCC12CCN(c1ccncc1Cl)CC2. The number of carbonyl (C=O) groups excluding carboxylic acids is 1. The maximum atomic E-state index is 11.9. The largest absolute Gasteiger partial charge is 0.370 e. The standard InChI is InChI=1S/C13H16ClN3O/c14-10-9-15-5-1-11(10)17-7-3-13(4-8-17)2-6-16-12(13)18/h1,5,9H,2-4,6-8H2,(H,16,18). The Morgan fingerprint density at radius 3 is 2.72 bits per heavy atom. The summed E-state index contributed by atoms with van der Waals surface area (Å²) in [5, 5.41) is 3.64. The lowest BCUT2D eigenvalue weighted by molar-refractivity contribution is -0.128. The van der Waals surface area contributed by atoms with Gasteiger partial charge in [0.15, 0.2) is 0 Å². The Hall–Kier alpha value is -1.29. The third-order valence-corrected chi connectivity index (χ3v) is 4.47. The van der Waals surface area contributed by atoms with Crippen molar-refractivity contribution in [2.75, 3.05) is 24.5 Å². The monoisotopic (exact) mass is 265 g/mol. The van der Waals surface area contributed by atoms with Crippen LogP contribution in [0.3, 0.4) is 0 Å². The third kappa shape index (κ3) is 1.85. The van der Waals surface area contributed by atoms with E-state index in [4.69, 9.17) is 11.6 Å². The quantitative estimate of drug-likeness (QED) is 0.843. The highest BCUT2D eigenvalue weighted by Gasteiger charge is 2.44. The summed E-state index contributed by atoms with van der Waals surface area (Å²) in [6.07, 6.45) is 6.23. The molecule has 2 fully saturated rings. The first-order valence-electron chi connectivity index (χ1n) is 6.34. The predicted molar refractivity (Wildman–Crippen MR) is 70.8 cm³/mol. The van der Waals surface area contributed by atoms with Gasteiger partial charge >= 0.3 is 0 Å². The van der Waals surface area contributed by atoms with Crippen LogP contribution in [0.15, 0.2) is 18.5 Å². The van der Waals surface area contributed by atoms with Gasteiger partial charge in [-0.2, -0.15) is 0 Å².